The lowest BCUT2D eigenvalue weighted by Gasteiger charge is -2.08. The Balaban J connectivity index is 0.000000280. The molecule has 0 radical (unpaired) electrons. The number of hydrogen-bond donors (Lipinski definition) is 3. The van der Waals surface area contributed by atoms with Crippen molar-refractivity contribution in [1.29, 1.82) is 0 Å². The summed E-state index contributed by atoms with van der Waals surface area (Å²) in [7, 11) is 1.34. The second-order valence-corrected chi connectivity index (χ2v) is 5.40. The molecule has 8 heteroatoms. The van der Waals surface area contributed by atoms with Crippen LogP contribution in [0.3, 0.4) is 0 Å². The van der Waals surface area contributed by atoms with Gasteiger partial charge in [-0.05, 0) is 48.9 Å². The highest BCUT2D eigenvalue weighted by Gasteiger charge is 2.17. The molecule has 2 aromatic carbocycles. The van der Waals surface area contributed by atoms with E-state index < -0.39 is 12.1 Å². The Kier molecular flexibility index (Phi) is 9.32. The molecule has 0 heterocycles. The summed E-state index contributed by atoms with van der Waals surface area (Å²) in [6, 6.07) is 10.9. The van der Waals surface area contributed by atoms with Gasteiger partial charge in [0, 0.05) is 6.42 Å². The number of phenols is 1. The molecule has 8 nitrogen and oxygen atoms in total. The molecule has 1 atom stereocenters. The predicted octanol–water partition coefficient (Wildman–Crippen LogP) is 2.92. The number of aliphatic hydroxyl groups excluding tert-OH is 1. The zero-order valence-corrected chi connectivity index (χ0v) is 15.9. The Hall–Kier alpha value is -3.26. The van der Waals surface area contributed by atoms with Gasteiger partial charge < -0.3 is 29.5 Å². The normalized spacial score (nSPS) is 10.9. The van der Waals surface area contributed by atoms with Crippen molar-refractivity contribution in [3.05, 3.63) is 48.0 Å². The molecule has 3 N–H and O–H groups in total. The van der Waals surface area contributed by atoms with Crippen LogP contribution < -0.4 is 14.2 Å². The van der Waals surface area contributed by atoms with Crippen LogP contribution in [0.4, 0.5) is 0 Å². The number of carboxylic acids is 1. The highest BCUT2D eigenvalue weighted by molar-refractivity contribution is 5.74. The fourth-order valence-corrected chi connectivity index (χ4v) is 1.98. The molecule has 152 valence electrons. The van der Waals surface area contributed by atoms with Gasteiger partial charge in [0.2, 0.25) is 0 Å². The fraction of sp³-hybridized carbons (Fsp3) is 0.300. The van der Waals surface area contributed by atoms with E-state index in [9.17, 15) is 19.8 Å². The Morgan fingerprint density at radius 3 is 2.14 bits per heavy atom. The molecule has 0 aliphatic rings. The molecule has 0 aromatic heterocycles. The molecule has 2 rings (SSSR count). The lowest BCUT2D eigenvalue weighted by atomic mass is 10.1. The molecular weight excluding hydrogens is 368 g/mol. The summed E-state index contributed by atoms with van der Waals surface area (Å²) in [6.07, 6.45) is -1.22. The monoisotopic (exact) mass is 392 g/mol. The minimum atomic E-state index is -1.61. The number of carboxylic acid groups (broad SMARTS) is 1. The number of aliphatic carboxylic acids is 1. The van der Waals surface area contributed by atoms with Crippen LogP contribution in [0.15, 0.2) is 42.5 Å². The molecule has 0 fully saturated rings. The number of ether oxygens (including phenoxy) is 3. The summed E-state index contributed by atoms with van der Waals surface area (Å²) in [5.74, 6) is -0.215. The average molecular weight is 392 g/mol. The maximum atomic E-state index is 10.9. The highest BCUT2D eigenvalue weighted by Crippen LogP contribution is 2.28. The van der Waals surface area contributed by atoms with Gasteiger partial charge in [0.1, 0.15) is 11.5 Å². The second-order valence-electron chi connectivity index (χ2n) is 5.40. The van der Waals surface area contributed by atoms with Crippen molar-refractivity contribution in [2.45, 2.75) is 26.4 Å². The lowest BCUT2D eigenvalue weighted by Crippen LogP contribution is -2.10. The molecule has 0 aliphatic heterocycles. The van der Waals surface area contributed by atoms with Crippen LogP contribution >= 0.6 is 0 Å². The number of aromatic hydroxyl groups is 1. The molecule has 28 heavy (non-hydrogen) atoms. The van der Waals surface area contributed by atoms with E-state index in [1.807, 2.05) is 6.92 Å². The Labute approximate surface area is 162 Å². The fourth-order valence-electron chi connectivity index (χ4n) is 1.98. The topological polar surface area (TPSA) is 123 Å². The third kappa shape index (κ3) is 7.16. The molecule has 1 unspecified atom stereocenters. The Morgan fingerprint density at radius 1 is 1.04 bits per heavy atom. The van der Waals surface area contributed by atoms with Crippen molar-refractivity contribution in [1.82, 2.24) is 0 Å². The molecule has 0 saturated carbocycles. The van der Waals surface area contributed by atoms with E-state index in [0.717, 1.165) is 5.75 Å². The first-order valence-corrected chi connectivity index (χ1v) is 8.53. The molecule has 0 bridgehead atoms. The highest BCUT2D eigenvalue weighted by atomic mass is 16.5. The van der Waals surface area contributed by atoms with Crippen LogP contribution in [0.2, 0.25) is 0 Å². The minimum absolute atomic E-state index is 0.103. The molecule has 0 spiro atoms. The summed E-state index contributed by atoms with van der Waals surface area (Å²) in [6.45, 7) is 4.32. The summed E-state index contributed by atoms with van der Waals surface area (Å²) >= 11 is 0. The summed E-state index contributed by atoms with van der Waals surface area (Å²) in [4.78, 5) is 21.4. The number of methoxy groups -OCH3 is 1. The maximum absolute atomic E-state index is 10.9. The van der Waals surface area contributed by atoms with Gasteiger partial charge in [0.25, 0.3) is 0 Å². The average Bonchev–Trinajstić information content (AvgIpc) is 2.69. The number of aliphatic hydroxyl groups is 1. The molecule has 0 aliphatic carbocycles. The van der Waals surface area contributed by atoms with Crippen LogP contribution in [0.1, 0.15) is 31.9 Å². The van der Waals surface area contributed by atoms with Crippen LogP contribution in [-0.4, -0.2) is 41.0 Å². The largest absolute Gasteiger partial charge is 0.504 e. The van der Waals surface area contributed by atoms with Crippen LogP contribution in [0, 0.1) is 0 Å². The van der Waals surface area contributed by atoms with Crippen molar-refractivity contribution in [3.8, 4) is 23.0 Å². The summed E-state index contributed by atoms with van der Waals surface area (Å²) in [5, 5.41) is 26.9. The molecular formula is C20H24O8. The van der Waals surface area contributed by atoms with Crippen molar-refractivity contribution in [3.63, 3.8) is 0 Å². The predicted molar refractivity (Wildman–Crippen MR) is 101 cm³/mol. The number of hydrogen-bond acceptors (Lipinski definition) is 7. The first-order chi connectivity index (χ1) is 13.3. The van der Waals surface area contributed by atoms with Crippen LogP contribution in [0.25, 0.3) is 0 Å². The van der Waals surface area contributed by atoms with E-state index in [0.29, 0.717) is 18.8 Å². The van der Waals surface area contributed by atoms with Gasteiger partial charge in [-0.2, -0.15) is 0 Å². The van der Waals surface area contributed by atoms with Gasteiger partial charge in [-0.15, -0.1) is 0 Å². The van der Waals surface area contributed by atoms with Crippen molar-refractivity contribution in [2.24, 2.45) is 0 Å². The number of phenolic OH excluding ortho intramolecular Hbond substituents is 1. The van der Waals surface area contributed by atoms with E-state index in [-0.39, 0.29) is 23.0 Å². The number of carbonyl (C=O) groups is 2. The van der Waals surface area contributed by atoms with Crippen molar-refractivity contribution < 1.29 is 39.1 Å². The van der Waals surface area contributed by atoms with E-state index >= 15 is 0 Å². The van der Waals surface area contributed by atoms with Gasteiger partial charge in [0.15, 0.2) is 17.6 Å². The second kappa shape index (κ2) is 11.5. The Bertz CT molecular complexity index is 770. The Morgan fingerprint density at radius 2 is 1.64 bits per heavy atom. The maximum Gasteiger partial charge on any atom is 0.337 e. The van der Waals surface area contributed by atoms with Gasteiger partial charge in [-0.1, -0.05) is 13.0 Å². The first-order valence-electron chi connectivity index (χ1n) is 8.53. The van der Waals surface area contributed by atoms with E-state index in [1.165, 1.54) is 25.3 Å². The third-order valence-electron chi connectivity index (χ3n) is 3.41. The lowest BCUT2D eigenvalue weighted by molar-refractivity contribution is -0.147. The molecule has 0 saturated heterocycles. The number of benzene rings is 2. The van der Waals surface area contributed by atoms with Crippen LogP contribution in [0.5, 0.6) is 23.0 Å². The van der Waals surface area contributed by atoms with E-state index in [1.54, 1.807) is 31.2 Å². The molecule has 2 aromatic rings. The van der Waals surface area contributed by atoms with E-state index in [4.69, 9.17) is 19.3 Å². The van der Waals surface area contributed by atoms with Gasteiger partial charge in [-0.25, -0.2) is 4.79 Å². The summed E-state index contributed by atoms with van der Waals surface area (Å²) in [5.41, 5.74) is 0.159. The van der Waals surface area contributed by atoms with Crippen molar-refractivity contribution >= 4 is 11.9 Å². The zero-order valence-electron chi connectivity index (χ0n) is 15.9. The minimum Gasteiger partial charge on any atom is -0.504 e. The summed E-state index contributed by atoms with van der Waals surface area (Å²) < 4.78 is 15.0. The third-order valence-corrected chi connectivity index (χ3v) is 3.41. The number of esters is 1. The van der Waals surface area contributed by atoms with E-state index in [2.05, 4.69) is 0 Å². The van der Waals surface area contributed by atoms with Gasteiger partial charge in [-0.3, -0.25) is 4.79 Å². The van der Waals surface area contributed by atoms with Gasteiger partial charge in [0.05, 0.1) is 13.7 Å². The van der Waals surface area contributed by atoms with Crippen molar-refractivity contribution in [2.75, 3.05) is 13.7 Å². The molecule has 0 amide bonds. The zero-order chi connectivity index (χ0) is 21.1. The van der Waals surface area contributed by atoms with Crippen LogP contribution in [-0.2, 0) is 9.59 Å². The standard InChI is InChI=1S/C11H14O3.C9H10O5/c1-3-11(12)14-10-7-5-9(6-8-10)13-4-2;1-14-7-4-5(2-3-6(7)10)8(11)9(12)13/h5-8H,3-4H2,1-2H3;2-4,8,10-11H,1H3,(H,12,13). The van der Waals surface area contributed by atoms with Gasteiger partial charge >= 0.3 is 11.9 Å². The quantitative estimate of drug-likeness (QED) is 0.486. The smallest absolute Gasteiger partial charge is 0.337 e. The number of carbonyl (C=O) groups excluding carboxylic acids is 1. The number of rotatable bonds is 7. The SMILES string of the molecule is CCOc1ccc(OC(=O)CC)cc1.COc1cc(C(O)C(=O)O)ccc1O. The first kappa shape index (κ1) is 22.8.